The largest absolute Gasteiger partial charge is 0.340 e. The van der Waals surface area contributed by atoms with Crippen LogP contribution in [0.15, 0.2) is 4.52 Å². The zero-order valence-corrected chi connectivity index (χ0v) is 10.5. The second-order valence-corrected chi connectivity index (χ2v) is 4.82. The predicted octanol–water partition coefficient (Wildman–Crippen LogP) is 1.03. The van der Waals surface area contributed by atoms with Gasteiger partial charge in [0.1, 0.15) is 0 Å². The van der Waals surface area contributed by atoms with Crippen LogP contribution in [0.2, 0.25) is 0 Å². The Morgan fingerprint density at radius 1 is 1.41 bits per heavy atom. The van der Waals surface area contributed by atoms with E-state index in [4.69, 9.17) is 10.3 Å². The van der Waals surface area contributed by atoms with Crippen LogP contribution in [0.5, 0.6) is 0 Å². The van der Waals surface area contributed by atoms with Crippen molar-refractivity contribution in [3.63, 3.8) is 0 Å². The highest BCUT2D eigenvalue weighted by molar-refractivity contribution is 4.87. The molecule has 1 aromatic rings. The van der Waals surface area contributed by atoms with Gasteiger partial charge in [0.25, 0.3) is 0 Å². The molecule has 2 atom stereocenters. The van der Waals surface area contributed by atoms with Crippen LogP contribution in [0.4, 0.5) is 0 Å². The second-order valence-electron chi connectivity index (χ2n) is 4.82. The summed E-state index contributed by atoms with van der Waals surface area (Å²) in [4.78, 5) is 4.19. The summed E-state index contributed by atoms with van der Waals surface area (Å²) in [5.74, 6) is 2.06. The fraction of sp³-hybridized carbons (Fsp3) is 0.833. The quantitative estimate of drug-likeness (QED) is 0.801. The van der Waals surface area contributed by atoms with E-state index in [1.165, 1.54) is 25.7 Å². The monoisotopic (exact) mass is 238 g/mol. The number of rotatable bonds is 5. The Balaban J connectivity index is 1.73. The van der Waals surface area contributed by atoms with E-state index in [-0.39, 0.29) is 0 Å². The maximum atomic E-state index is 5.80. The Hall–Kier alpha value is -0.940. The lowest BCUT2D eigenvalue weighted by atomic mass is 9.84. The van der Waals surface area contributed by atoms with E-state index in [1.54, 1.807) is 0 Å². The molecule has 0 bridgehead atoms. The zero-order chi connectivity index (χ0) is 12.1. The van der Waals surface area contributed by atoms with Crippen molar-refractivity contribution in [3.8, 4) is 0 Å². The van der Waals surface area contributed by atoms with Crippen molar-refractivity contribution in [1.82, 2.24) is 15.5 Å². The summed E-state index contributed by atoms with van der Waals surface area (Å²) in [7, 11) is 0. The average molecular weight is 238 g/mol. The van der Waals surface area contributed by atoms with Gasteiger partial charge < -0.3 is 15.6 Å². The van der Waals surface area contributed by atoms with Gasteiger partial charge in [-0.3, -0.25) is 0 Å². The van der Waals surface area contributed by atoms with E-state index in [2.05, 4.69) is 15.5 Å². The fourth-order valence-corrected chi connectivity index (χ4v) is 2.57. The van der Waals surface area contributed by atoms with Crippen LogP contribution in [-0.4, -0.2) is 29.3 Å². The van der Waals surface area contributed by atoms with Gasteiger partial charge in [-0.05, 0) is 25.3 Å². The van der Waals surface area contributed by atoms with E-state index in [9.17, 15) is 0 Å². The molecule has 1 aromatic heterocycles. The van der Waals surface area contributed by atoms with Crippen LogP contribution >= 0.6 is 0 Å². The number of aryl methyl sites for hydroxylation is 1. The Bertz CT molecular complexity index is 339. The van der Waals surface area contributed by atoms with Gasteiger partial charge in [-0.1, -0.05) is 18.0 Å². The van der Waals surface area contributed by atoms with Crippen LogP contribution in [0, 0.1) is 12.8 Å². The van der Waals surface area contributed by atoms with Gasteiger partial charge in [-0.2, -0.15) is 4.98 Å². The van der Waals surface area contributed by atoms with Crippen molar-refractivity contribution in [3.05, 3.63) is 11.7 Å². The van der Waals surface area contributed by atoms with Crippen molar-refractivity contribution in [2.24, 2.45) is 11.7 Å². The number of nitrogens with two attached hydrogens (primary N) is 1. The molecule has 0 spiro atoms. The molecule has 1 saturated carbocycles. The van der Waals surface area contributed by atoms with Crippen molar-refractivity contribution in [2.75, 3.05) is 13.1 Å². The topological polar surface area (TPSA) is 77.0 Å². The van der Waals surface area contributed by atoms with Crippen molar-refractivity contribution >= 4 is 0 Å². The number of aromatic nitrogens is 2. The molecular weight excluding hydrogens is 216 g/mol. The highest BCUT2D eigenvalue weighted by Crippen LogP contribution is 2.23. The van der Waals surface area contributed by atoms with E-state index < -0.39 is 0 Å². The van der Waals surface area contributed by atoms with E-state index in [0.29, 0.717) is 17.9 Å². The van der Waals surface area contributed by atoms with Gasteiger partial charge >= 0.3 is 0 Å². The van der Waals surface area contributed by atoms with Crippen molar-refractivity contribution in [2.45, 2.75) is 45.1 Å². The third kappa shape index (κ3) is 3.51. The molecule has 0 radical (unpaired) electrons. The van der Waals surface area contributed by atoms with Crippen molar-refractivity contribution < 1.29 is 4.52 Å². The SMILES string of the molecule is Cc1nc(CCNC2CCCCC2CN)no1. The van der Waals surface area contributed by atoms with Gasteiger partial charge in [0.05, 0.1) is 0 Å². The lowest BCUT2D eigenvalue weighted by Gasteiger charge is -2.31. The highest BCUT2D eigenvalue weighted by atomic mass is 16.5. The first-order chi connectivity index (χ1) is 8.29. The maximum Gasteiger partial charge on any atom is 0.223 e. The number of hydrogen-bond acceptors (Lipinski definition) is 5. The normalized spacial score (nSPS) is 25.1. The van der Waals surface area contributed by atoms with Crippen LogP contribution in [0.1, 0.15) is 37.4 Å². The zero-order valence-electron chi connectivity index (χ0n) is 10.5. The number of nitrogens with zero attached hydrogens (tertiary/aromatic N) is 2. The molecule has 1 aliphatic rings. The summed E-state index contributed by atoms with van der Waals surface area (Å²) in [6, 6.07) is 0.571. The third-order valence-electron chi connectivity index (χ3n) is 3.54. The molecule has 0 amide bonds. The average Bonchev–Trinajstić information content (AvgIpc) is 2.76. The van der Waals surface area contributed by atoms with Crippen LogP contribution in [-0.2, 0) is 6.42 Å². The Morgan fingerprint density at radius 3 is 2.94 bits per heavy atom. The lowest BCUT2D eigenvalue weighted by molar-refractivity contribution is 0.269. The van der Waals surface area contributed by atoms with Crippen molar-refractivity contribution in [1.29, 1.82) is 0 Å². The number of hydrogen-bond donors (Lipinski definition) is 2. The highest BCUT2D eigenvalue weighted by Gasteiger charge is 2.23. The molecular formula is C12H22N4O. The molecule has 5 nitrogen and oxygen atoms in total. The molecule has 1 fully saturated rings. The summed E-state index contributed by atoms with van der Waals surface area (Å²) >= 11 is 0. The molecule has 2 unspecified atom stereocenters. The van der Waals surface area contributed by atoms with Gasteiger partial charge in [-0.15, -0.1) is 0 Å². The fourth-order valence-electron chi connectivity index (χ4n) is 2.57. The summed E-state index contributed by atoms with van der Waals surface area (Å²) in [6.45, 7) is 3.51. The summed E-state index contributed by atoms with van der Waals surface area (Å²) in [6.07, 6.45) is 5.97. The minimum absolute atomic E-state index is 0.571. The molecule has 1 aliphatic carbocycles. The Kier molecular flexibility index (Phi) is 4.50. The minimum atomic E-state index is 0.571. The molecule has 0 saturated heterocycles. The molecule has 2 rings (SSSR count). The molecule has 17 heavy (non-hydrogen) atoms. The molecule has 5 heteroatoms. The Morgan fingerprint density at radius 2 is 2.24 bits per heavy atom. The predicted molar refractivity (Wildman–Crippen MR) is 65.5 cm³/mol. The standard InChI is InChI=1S/C12H22N4O/c1-9-15-12(16-17-9)6-7-14-11-5-3-2-4-10(11)8-13/h10-11,14H,2-8,13H2,1H3. The molecule has 0 aliphatic heterocycles. The van der Waals surface area contributed by atoms with Gasteiger partial charge in [-0.25, -0.2) is 0 Å². The first-order valence-corrected chi connectivity index (χ1v) is 6.52. The van der Waals surface area contributed by atoms with E-state index in [1.807, 2.05) is 6.92 Å². The Labute approximate surface area is 102 Å². The van der Waals surface area contributed by atoms with Crippen LogP contribution < -0.4 is 11.1 Å². The van der Waals surface area contributed by atoms with Crippen LogP contribution in [0.3, 0.4) is 0 Å². The summed E-state index contributed by atoms with van der Waals surface area (Å²) < 4.78 is 4.94. The van der Waals surface area contributed by atoms with Crippen LogP contribution in [0.25, 0.3) is 0 Å². The first-order valence-electron chi connectivity index (χ1n) is 6.52. The second kappa shape index (κ2) is 6.12. The van der Waals surface area contributed by atoms with Gasteiger partial charge in [0, 0.05) is 25.9 Å². The third-order valence-corrected chi connectivity index (χ3v) is 3.54. The first kappa shape index (κ1) is 12.5. The van der Waals surface area contributed by atoms with Gasteiger partial charge in [0.2, 0.25) is 5.89 Å². The number of nitrogens with one attached hydrogen (secondary N) is 1. The maximum absolute atomic E-state index is 5.80. The van der Waals surface area contributed by atoms with E-state index in [0.717, 1.165) is 25.3 Å². The van der Waals surface area contributed by atoms with Gasteiger partial charge in [0.15, 0.2) is 5.82 Å². The molecule has 1 heterocycles. The molecule has 96 valence electrons. The summed E-state index contributed by atoms with van der Waals surface area (Å²) in [5.41, 5.74) is 5.80. The minimum Gasteiger partial charge on any atom is -0.340 e. The molecule has 3 N–H and O–H groups in total. The van der Waals surface area contributed by atoms with E-state index >= 15 is 0 Å². The summed E-state index contributed by atoms with van der Waals surface area (Å²) in [5, 5.41) is 7.47. The smallest absolute Gasteiger partial charge is 0.223 e. The lowest BCUT2D eigenvalue weighted by Crippen LogP contribution is -2.42. The molecule has 0 aromatic carbocycles.